The van der Waals surface area contributed by atoms with Crippen LogP contribution in [0, 0.1) is 0 Å². The van der Waals surface area contributed by atoms with Crippen molar-refractivity contribution >= 4 is 45.9 Å². The number of aromatic amines is 1. The molecule has 2 aromatic heterocycles. The third-order valence-electron chi connectivity index (χ3n) is 4.33. The first-order valence-electron chi connectivity index (χ1n) is 8.36. The summed E-state index contributed by atoms with van der Waals surface area (Å²) >= 11 is 1.34. The van der Waals surface area contributed by atoms with Gasteiger partial charge in [-0.1, -0.05) is 30.3 Å². The number of nitrogens with one attached hydrogen (secondary N) is 2. The maximum absolute atomic E-state index is 12.9. The maximum atomic E-state index is 12.9. The van der Waals surface area contributed by atoms with E-state index in [4.69, 9.17) is 0 Å². The molecule has 4 rings (SSSR count). The van der Waals surface area contributed by atoms with Crippen molar-refractivity contribution in [2.45, 2.75) is 0 Å². The van der Waals surface area contributed by atoms with Crippen LogP contribution in [0.1, 0.15) is 36.0 Å². The molecule has 1 amide bonds. The molecule has 0 spiro atoms. The Morgan fingerprint density at radius 1 is 1.04 bits per heavy atom. The van der Waals surface area contributed by atoms with Crippen LogP contribution >= 0.6 is 11.3 Å². The van der Waals surface area contributed by atoms with Gasteiger partial charge in [0.05, 0.1) is 10.4 Å². The molecule has 3 N–H and O–H groups in total. The summed E-state index contributed by atoms with van der Waals surface area (Å²) in [7, 11) is 0. The molecule has 0 atom stereocenters. The van der Waals surface area contributed by atoms with E-state index >= 15 is 0 Å². The van der Waals surface area contributed by atoms with Gasteiger partial charge < -0.3 is 15.4 Å². The highest BCUT2D eigenvalue weighted by atomic mass is 32.1. The number of thiophene rings is 1. The molecule has 0 aliphatic heterocycles. The van der Waals surface area contributed by atoms with Gasteiger partial charge in [0.1, 0.15) is 0 Å². The van der Waals surface area contributed by atoms with E-state index in [0.717, 1.165) is 0 Å². The van der Waals surface area contributed by atoms with Gasteiger partial charge in [-0.3, -0.25) is 14.4 Å². The maximum Gasteiger partial charge on any atom is 0.265 e. The Labute approximate surface area is 163 Å². The summed E-state index contributed by atoms with van der Waals surface area (Å²) in [6.45, 7) is 0. The first-order valence-corrected chi connectivity index (χ1v) is 9.24. The number of H-pyrrole nitrogens is 1. The molecule has 0 aliphatic carbocycles. The molecule has 138 valence electrons. The minimum absolute atomic E-state index is 0.160. The molecule has 6 nitrogen and oxygen atoms in total. The van der Waals surface area contributed by atoms with Crippen LogP contribution in [-0.2, 0) is 0 Å². The van der Waals surface area contributed by atoms with E-state index in [1.165, 1.54) is 11.3 Å². The van der Waals surface area contributed by atoms with Crippen LogP contribution in [0.5, 0.6) is 5.88 Å². The minimum atomic E-state index is -0.240. The van der Waals surface area contributed by atoms with Gasteiger partial charge in [0.15, 0.2) is 17.9 Å². The normalized spacial score (nSPS) is 10.7. The van der Waals surface area contributed by atoms with E-state index in [9.17, 15) is 19.5 Å². The van der Waals surface area contributed by atoms with Gasteiger partial charge in [-0.25, -0.2) is 0 Å². The Bertz CT molecular complexity index is 1210. The van der Waals surface area contributed by atoms with Crippen molar-refractivity contribution in [2.75, 3.05) is 5.32 Å². The van der Waals surface area contributed by atoms with Crippen LogP contribution in [0.25, 0.3) is 10.9 Å². The molecule has 0 saturated carbocycles. The van der Waals surface area contributed by atoms with Crippen molar-refractivity contribution in [1.29, 1.82) is 0 Å². The highest BCUT2D eigenvalue weighted by Crippen LogP contribution is 2.27. The van der Waals surface area contributed by atoms with Crippen LogP contribution < -0.4 is 5.32 Å². The Morgan fingerprint density at radius 2 is 1.86 bits per heavy atom. The third-order valence-corrected chi connectivity index (χ3v) is 5.19. The van der Waals surface area contributed by atoms with Crippen LogP contribution in [0.3, 0.4) is 0 Å². The fourth-order valence-corrected chi connectivity index (χ4v) is 3.59. The number of hydrogen-bond donors (Lipinski definition) is 3. The molecule has 0 radical (unpaired) electrons. The Morgan fingerprint density at radius 3 is 2.61 bits per heavy atom. The smallest absolute Gasteiger partial charge is 0.265 e. The number of fused-ring (bicyclic) bond motifs is 1. The number of aromatic hydroxyl groups is 1. The molecular formula is C21H14N2O4S. The largest absolute Gasteiger partial charge is 0.494 e. The number of ketones is 1. The second-order valence-electron chi connectivity index (χ2n) is 6.11. The van der Waals surface area contributed by atoms with Gasteiger partial charge in [0.25, 0.3) is 5.91 Å². The Kier molecular flexibility index (Phi) is 4.50. The van der Waals surface area contributed by atoms with E-state index in [1.54, 1.807) is 54.6 Å². The molecule has 7 heteroatoms. The van der Waals surface area contributed by atoms with Gasteiger partial charge in [0.2, 0.25) is 0 Å². The first kappa shape index (κ1) is 17.7. The SMILES string of the molecule is O=Cc1c(O)[nH]c2cc(C(=O)c3cccc(NC(=O)c4cccs4)c3)ccc12. The lowest BCUT2D eigenvalue weighted by molar-refractivity contribution is 0.102. The summed E-state index contributed by atoms with van der Waals surface area (Å²) in [5, 5.41) is 14.9. The second-order valence-corrected chi connectivity index (χ2v) is 7.05. The third kappa shape index (κ3) is 3.19. The average Bonchev–Trinajstić information content (AvgIpc) is 3.34. The molecule has 0 bridgehead atoms. The summed E-state index contributed by atoms with van der Waals surface area (Å²) in [4.78, 5) is 39.4. The lowest BCUT2D eigenvalue weighted by Gasteiger charge is -2.07. The lowest BCUT2D eigenvalue weighted by atomic mass is 10.0. The number of hydrogen-bond acceptors (Lipinski definition) is 5. The fourth-order valence-electron chi connectivity index (χ4n) is 2.97. The number of benzene rings is 2. The van der Waals surface area contributed by atoms with Crippen LogP contribution in [0.2, 0.25) is 0 Å². The number of aldehydes is 1. The van der Waals surface area contributed by atoms with Crippen molar-refractivity contribution < 1.29 is 19.5 Å². The van der Waals surface area contributed by atoms with Crippen LogP contribution in [-0.4, -0.2) is 28.1 Å². The highest BCUT2D eigenvalue weighted by molar-refractivity contribution is 7.12. The van der Waals surface area contributed by atoms with Gasteiger partial charge in [-0.15, -0.1) is 11.3 Å². The molecular weight excluding hydrogens is 376 g/mol. The summed E-state index contributed by atoms with van der Waals surface area (Å²) in [6, 6.07) is 15.0. The summed E-state index contributed by atoms with van der Waals surface area (Å²) in [5.74, 6) is -0.701. The van der Waals surface area contributed by atoms with Gasteiger partial charge >= 0.3 is 0 Å². The zero-order valence-corrected chi connectivity index (χ0v) is 15.2. The number of carbonyl (C=O) groups excluding carboxylic acids is 3. The summed E-state index contributed by atoms with van der Waals surface area (Å²) < 4.78 is 0. The number of anilines is 1. The molecule has 2 heterocycles. The van der Waals surface area contributed by atoms with Crippen LogP contribution in [0.15, 0.2) is 60.0 Å². The van der Waals surface area contributed by atoms with Gasteiger partial charge in [-0.05, 0) is 29.6 Å². The predicted molar refractivity (Wildman–Crippen MR) is 107 cm³/mol. The summed E-state index contributed by atoms with van der Waals surface area (Å²) in [6.07, 6.45) is 0.565. The highest BCUT2D eigenvalue weighted by Gasteiger charge is 2.15. The van der Waals surface area contributed by atoms with Crippen molar-refractivity contribution in [3.8, 4) is 5.88 Å². The monoisotopic (exact) mass is 390 g/mol. The van der Waals surface area contributed by atoms with E-state index in [1.807, 2.05) is 5.38 Å². The summed E-state index contributed by atoms with van der Waals surface area (Å²) in [5.41, 5.74) is 1.98. The lowest BCUT2D eigenvalue weighted by Crippen LogP contribution is -2.11. The molecule has 0 fully saturated rings. The molecule has 0 saturated heterocycles. The quantitative estimate of drug-likeness (QED) is 0.351. The topological polar surface area (TPSA) is 99.3 Å². The molecule has 4 aromatic rings. The van der Waals surface area contributed by atoms with Gasteiger partial charge in [0, 0.05) is 27.7 Å². The molecule has 0 aliphatic rings. The first-order chi connectivity index (χ1) is 13.6. The molecule has 0 unspecified atom stereocenters. The van der Waals surface area contributed by atoms with E-state index in [0.29, 0.717) is 38.9 Å². The standard InChI is InChI=1S/C21H14N2O4S/c24-11-16-15-7-6-13(10-17(15)23-20(16)26)19(25)12-3-1-4-14(9-12)22-21(27)18-5-2-8-28-18/h1-11,23,26H,(H,22,27). The van der Waals surface area contributed by atoms with Gasteiger partial charge in [-0.2, -0.15) is 0 Å². The fraction of sp³-hybridized carbons (Fsp3) is 0. The second kappa shape index (κ2) is 7.13. The molecule has 28 heavy (non-hydrogen) atoms. The van der Waals surface area contributed by atoms with Crippen molar-refractivity contribution in [1.82, 2.24) is 4.98 Å². The van der Waals surface area contributed by atoms with Crippen molar-refractivity contribution in [2.24, 2.45) is 0 Å². The Balaban J connectivity index is 1.62. The average molecular weight is 390 g/mol. The minimum Gasteiger partial charge on any atom is -0.494 e. The van der Waals surface area contributed by atoms with E-state index < -0.39 is 0 Å². The number of aromatic nitrogens is 1. The Hall–Kier alpha value is -3.71. The van der Waals surface area contributed by atoms with Crippen LogP contribution in [0.4, 0.5) is 5.69 Å². The van der Waals surface area contributed by atoms with Crippen molar-refractivity contribution in [3.05, 3.63) is 81.5 Å². The van der Waals surface area contributed by atoms with E-state index in [-0.39, 0.29) is 23.1 Å². The molecule has 2 aromatic carbocycles. The van der Waals surface area contributed by atoms with E-state index in [2.05, 4.69) is 10.3 Å². The number of amides is 1. The number of carbonyl (C=O) groups is 3. The number of rotatable bonds is 5. The van der Waals surface area contributed by atoms with Crippen molar-refractivity contribution in [3.63, 3.8) is 0 Å². The zero-order valence-electron chi connectivity index (χ0n) is 14.4. The predicted octanol–water partition coefficient (Wildman–Crippen LogP) is 4.23. The zero-order chi connectivity index (χ0) is 19.7.